The summed E-state index contributed by atoms with van der Waals surface area (Å²) in [6.07, 6.45) is 2.72. The van der Waals surface area contributed by atoms with Crippen molar-refractivity contribution in [1.82, 2.24) is 19.9 Å². The Morgan fingerprint density at radius 3 is 2.15 bits per heavy atom. The molecule has 5 heteroatoms. The van der Waals surface area contributed by atoms with Crippen molar-refractivity contribution >= 4 is 21.9 Å². The predicted molar refractivity (Wildman–Crippen MR) is 163 cm³/mol. The molecule has 0 fully saturated rings. The van der Waals surface area contributed by atoms with E-state index in [9.17, 15) is 0 Å². The van der Waals surface area contributed by atoms with E-state index < -0.39 is 0 Å². The summed E-state index contributed by atoms with van der Waals surface area (Å²) in [6, 6.07) is 35.3. The highest BCUT2D eigenvalue weighted by Gasteiger charge is 2.39. The fraction of sp³-hybridized carbons (Fsp3) is 0.111. The molecule has 0 N–H and O–H groups in total. The van der Waals surface area contributed by atoms with E-state index in [1.54, 1.807) is 6.20 Å². The maximum absolute atomic E-state index is 6.28. The number of aromatic nitrogens is 4. The minimum absolute atomic E-state index is 0.174. The van der Waals surface area contributed by atoms with E-state index in [-0.39, 0.29) is 5.41 Å². The van der Waals surface area contributed by atoms with Gasteiger partial charge in [-0.15, -0.1) is 0 Å². The summed E-state index contributed by atoms with van der Waals surface area (Å²) in [6.45, 7) is 4.59. The molecule has 0 saturated carbocycles. The molecule has 8 rings (SSSR count). The van der Waals surface area contributed by atoms with Crippen LogP contribution in [0.15, 0.2) is 114 Å². The molecule has 7 aromatic rings. The summed E-state index contributed by atoms with van der Waals surface area (Å²) < 4.78 is 6.28. The van der Waals surface area contributed by atoms with Gasteiger partial charge in [0.2, 0.25) is 0 Å². The number of para-hydroxylation sites is 1. The Morgan fingerprint density at radius 2 is 1.34 bits per heavy atom. The lowest BCUT2D eigenvalue weighted by atomic mass is 9.77. The second kappa shape index (κ2) is 8.93. The van der Waals surface area contributed by atoms with Gasteiger partial charge in [0, 0.05) is 33.5 Å². The molecule has 0 spiro atoms. The molecule has 4 aromatic carbocycles. The van der Waals surface area contributed by atoms with Gasteiger partial charge in [-0.2, -0.15) is 0 Å². The number of rotatable bonds is 4. The van der Waals surface area contributed by atoms with Crippen molar-refractivity contribution in [2.75, 3.05) is 0 Å². The van der Waals surface area contributed by atoms with Crippen LogP contribution >= 0.6 is 0 Å². The Kier molecular flexibility index (Phi) is 5.16. The Labute approximate surface area is 237 Å². The highest BCUT2D eigenvalue weighted by atomic mass is 16.3. The van der Waals surface area contributed by atoms with E-state index in [2.05, 4.69) is 61.3 Å². The fourth-order valence-electron chi connectivity index (χ4n) is 6.18. The van der Waals surface area contributed by atoms with Crippen LogP contribution in [0.2, 0.25) is 0 Å². The molecular weight excluding hydrogens is 504 g/mol. The molecule has 0 bridgehead atoms. The summed E-state index contributed by atoms with van der Waals surface area (Å²) >= 11 is 0. The number of hydrogen-bond acceptors (Lipinski definition) is 5. The van der Waals surface area contributed by atoms with Gasteiger partial charge in [-0.05, 0) is 65.1 Å². The largest absolute Gasteiger partial charge is 0.456 e. The Bertz CT molecular complexity index is 2040. The summed E-state index contributed by atoms with van der Waals surface area (Å²) in [7, 11) is 0. The van der Waals surface area contributed by atoms with Crippen LogP contribution in [0, 0.1) is 0 Å². The molecule has 3 heterocycles. The summed E-state index contributed by atoms with van der Waals surface area (Å²) in [4.78, 5) is 19.2. The second-order valence-electron chi connectivity index (χ2n) is 10.8. The Balaban J connectivity index is 1.32. The van der Waals surface area contributed by atoms with Crippen LogP contribution in [0.5, 0.6) is 0 Å². The molecule has 5 nitrogen and oxygen atoms in total. The van der Waals surface area contributed by atoms with Crippen LogP contribution in [0.4, 0.5) is 0 Å². The quantitative estimate of drug-likeness (QED) is 0.227. The summed E-state index contributed by atoms with van der Waals surface area (Å²) in [5, 5.41) is 2.30. The molecule has 0 saturated heterocycles. The molecule has 41 heavy (non-hydrogen) atoms. The SMILES string of the molecule is CC[C@@]1(C)c2cc(-c3nc(-c4ccccc4)nc(-c4ccccn4)n3)ccc2-c2cc3c(cc21)oc1ccccc13. The highest BCUT2D eigenvalue weighted by Crippen LogP contribution is 2.53. The molecule has 3 aromatic heterocycles. The zero-order valence-corrected chi connectivity index (χ0v) is 22.8. The van der Waals surface area contributed by atoms with E-state index in [1.165, 1.54) is 22.3 Å². The number of benzene rings is 4. The van der Waals surface area contributed by atoms with E-state index in [1.807, 2.05) is 60.7 Å². The molecule has 0 aliphatic heterocycles. The third kappa shape index (κ3) is 3.62. The molecular formula is C36H26N4O. The maximum Gasteiger partial charge on any atom is 0.182 e. The Morgan fingerprint density at radius 1 is 0.610 bits per heavy atom. The van der Waals surface area contributed by atoms with Crippen LogP contribution in [0.1, 0.15) is 31.4 Å². The van der Waals surface area contributed by atoms with Gasteiger partial charge in [-0.25, -0.2) is 15.0 Å². The average molecular weight is 531 g/mol. The van der Waals surface area contributed by atoms with Crippen molar-refractivity contribution in [3.05, 3.63) is 120 Å². The first-order valence-electron chi connectivity index (χ1n) is 14.0. The maximum atomic E-state index is 6.28. The van der Waals surface area contributed by atoms with Crippen LogP contribution in [0.25, 0.3) is 67.4 Å². The van der Waals surface area contributed by atoms with Gasteiger partial charge >= 0.3 is 0 Å². The van der Waals surface area contributed by atoms with Crippen molar-refractivity contribution < 1.29 is 4.42 Å². The number of hydrogen-bond donors (Lipinski definition) is 0. The number of fused-ring (bicyclic) bond motifs is 6. The number of nitrogens with zero attached hydrogens (tertiary/aromatic N) is 4. The minimum atomic E-state index is -0.174. The lowest BCUT2D eigenvalue weighted by molar-refractivity contribution is 0.563. The van der Waals surface area contributed by atoms with Gasteiger partial charge in [0.25, 0.3) is 0 Å². The monoisotopic (exact) mass is 530 g/mol. The highest BCUT2D eigenvalue weighted by molar-refractivity contribution is 6.07. The van der Waals surface area contributed by atoms with Gasteiger partial charge in [0.05, 0.1) is 0 Å². The summed E-state index contributed by atoms with van der Waals surface area (Å²) in [5.74, 6) is 1.82. The normalized spacial score (nSPS) is 15.8. The van der Waals surface area contributed by atoms with Gasteiger partial charge in [-0.3, -0.25) is 4.98 Å². The van der Waals surface area contributed by atoms with Crippen molar-refractivity contribution in [3.63, 3.8) is 0 Å². The van der Waals surface area contributed by atoms with Gasteiger partial charge in [0.1, 0.15) is 16.9 Å². The summed E-state index contributed by atoms with van der Waals surface area (Å²) in [5.41, 5.74) is 9.40. The van der Waals surface area contributed by atoms with Crippen LogP contribution in [-0.4, -0.2) is 19.9 Å². The van der Waals surface area contributed by atoms with E-state index in [0.29, 0.717) is 17.5 Å². The van der Waals surface area contributed by atoms with Crippen molar-refractivity contribution in [2.45, 2.75) is 25.7 Å². The number of pyridine rings is 1. The van der Waals surface area contributed by atoms with E-state index in [0.717, 1.165) is 45.2 Å². The fourth-order valence-corrected chi connectivity index (χ4v) is 6.18. The van der Waals surface area contributed by atoms with E-state index in [4.69, 9.17) is 19.4 Å². The molecule has 1 aliphatic rings. The first-order chi connectivity index (χ1) is 20.1. The van der Waals surface area contributed by atoms with E-state index >= 15 is 0 Å². The molecule has 1 atom stereocenters. The standard InChI is InChI=1S/C36H26N4O/c1-3-36(2)28-19-23(16-17-24(28)26-20-27-25-13-7-8-15-31(25)41-32(27)21-29(26)36)34-38-33(22-11-5-4-6-12-22)39-35(40-34)30-14-9-10-18-37-30/h4-21H,3H2,1-2H3/t36-/m0/s1. The van der Waals surface area contributed by atoms with Crippen molar-refractivity contribution in [2.24, 2.45) is 0 Å². The third-order valence-corrected chi connectivity index (χ3v) is 8.54. The lowest BCUT2D eigenvalue weighted by Crippen LogP contribution is -2.19. The predicted octanol–water partition coefficient (Wildman–Crippen LogP) is 8.86. The van der Waals surface area contributed by atoms with Crippen LogP contribution in [-0.2, 0) is 5.41 Å². The van der Waals surface area contributed by atoms with Gasteiger partial charge < -0.3 is 4.42 Å². The minimum Gasteiger partial charge on any atom is -0.456 e. The van der Waals surface area contributed by atoms with Crippen molar-refractivity contribution in [3.8, 4) is 45.4 Å². The first kappa shape index (κ1) is 23.7. The van der Waals surface area contributed by atoms with Crippen LogP contribution < -0.4 is 0 Å². The zero-order valence-electron chi connectivity index (χ0n) is 22.8. The molecule has 0 radical (unpaired) electrons. The first-order valence-corrected chi connectivity index (χ1v) is 14.0. The van der Waals surface area contributed by atoms with Crippen LogP contribution in [0.3, 0.4) is 0 Å². The topological polar surface area (TPSA) is 64.7 Å². The average Bonchev–Trinajstić information content (AvgIpc) is 3.53. The lowest BCUT2D eigenvalue weighted by Gasteiger charge is -2.26. The zero-order chi connectivity index (χ0) is 27.6. The Hall–Kier alpha value is -5.16. The number of furan rings is 1. The molecule has 1 aliphatic carbocycles. The smallest absolute Gasteiger partial charge is 0.182 e. The second-order valence-corrected chi connectivity index (χ2v) is 10.8. The molecule has 0 unspecified atom stereocenters. The van der Waals surface area contributed by atoms with Crippen molar-refractivity contribution in [1.29, 1.82) is 0 Å². The molecule has 0 amide bonds. The van der Waals surface area contributed by atoms with Gasteiger partial charge in [-0.1, -0.05) is 80.6 Å². The molecule has 196 valence electrons. The van der Waals surface area contributed by atoms with Gasteiger partial charge in [0.15, 0.2) is 17.5 Å². The third-order valence-electron chi connectivity index (χ3n) is 8.54.